The Morgan fingerprint density at radius 1 is 1.26 bits per heavy atom. The van der Waals surface area contributed by atoms with Gasteiger partial charge in [-0.05, 0) is 11.1 Å². The fourth-order valence-electron chi connectivity index (χ4n) is 3.17. The van der Waals surface area contributed by atoms with Gasteiger partial charge >= 0.3 is 5.97 Å². The number of β-lactam (4-membered cyclic amide) rings is 1. The molecule has 2 aliphatic heterocycles. The number of ether oxygens (including phenoxy) is 1. The second-order valence-corrected chi connectivity index (χ2v) is 10.7. The lowest BCUT2D eigenvalue weighted by molar-refractivity contribution is -0.152. The summed E-state index contributed by atoms with van der Waals surface area (Å²) < 4.78 is 3.32. The maximum absolute atomic E-state index is 12.8. The van der Waals surface area contributed by atoms with Gasteiger partial charge in [-0.3, -0.25) is 14.5 Å². The molecule has 0 aliphatic carbocycles. The number of allylic oxidation sites excluding steroid dienone is 2. The molecule has 0 radical (unpaired) electrons. The van der Waals surface area contributed by atoms with E-state index in [1.807, 2.05) is 30.3 Å². The molecule has 166 valence electrons. The van der Waals surface area contributed by atoms with Crippen molar-refractivity contribution in [2.24, 2.45) is 0 Å². The van der Waals surface area contributed by atoms with Gasteiger partial charge in [0.25, 0.3) is 5.91 Å². The number of amides is 2. The molecular formula is C20H18Cl4N2O4S. The highest BCUT2D eigenvalue weighted by Crippen LogP contribution is 2.41. The Morgan fingerprint density at radius 3 is 2.61 bits per heavy atom. The van der Waals surface area contributed by atoms with Crippen LogP contribution in [0, 0.1) is 0 Å². The summed E-state index contributed by atoms with van der Waals surface area (Å²) in [7, 11) is 0. The quantitative estimate of drug-likeness (QED) is 0.336. The Labute approximate surface area is 203 Å². The summed E-state index contributed by atoms with van der Waals surface area (Å²) in [5, 5.41) is 2.32. The third kappa shape index (κ3) is 6.11. The molecule has 1 fully saturated rings. The number of rotatable bonds is 7. The summed E-state index contributed by atoms with van der Waals surface area (Å²) in [6.07, 6.45) is 3.47. The van der Waals surface area contributed by atoms with Crippen LogP contribution in [0.5, 0.6) is 0 Å². The van der Waals surface area contributed by atoms with Crippen LogP contribution in [-0.2, 0) is 25.5 Å². The van der Waals surface area contributed by atoms with Crippen molar-refractivity contribution < 1.29 is 19.1 Å². The molecule has 3 rings (SSSR count). The van der Waals surface area contributed by atoms with Gasteiger partial charge in [-0.2, -0.15) is 0 Å². The molecule has 6 nitrogen and oxygen atoms in total. The number of esters is 1. The van der Waals surface area contributed by atoms with Crippen molar-refractivity contribution in [2.75, 3.05) is 18.2 Å². The molecule has 0 saturated carbocycles. The number of benzene rings is 1. The molecule has 1 aromatic carbocycles. The molecule has 2 aliphatic rings. The molecule has 31 heavy (non-hydrogen) atoms. The average Bonchev–Trinajstić information content (AvgIpc) is 2.73. The molecule has 1 saturated heterocycles. The SMILES string of the molecule is O=C(Cc1ccccc1)N[C@@H]1C(=O)N2C(C(=O)OCC(Cl)(Cl)Cl)=C(C=CCCl)CS[C@@H]12. The molecule has 0 aromatic heterocycles. The lowest BCUT2D eigenvalue weighted by Gasteiger charge is -2.49. The topological polar surface area (TPSA) is 75.7 Å². The summed E-state index contributed by atoms with van der Waals surface area (Å²) in [6.45, 7) is -0.469. The van der Waals surface area contributed by atoms with Crippen molar-refractivity contribution in [3.63, 3.8) is 0 Å². The van der Waals surface area contributed by atoms with Crippen LogP contribution >= 0.6 is 58.2 Å². The number of nitrogens with zero attached hydrogens (tertiary/aromatic N) is 1. The Balaban J connectivity index is 1.74. The molecular weight excluding hydrogens is 506 g/mol. The minimum absolute atomic E-state index is 0.0675. The van der Waals surface area contributed by atoms with Gasteiger partial charge in [0.1, 0.15) is 23.7 Å². The van der Waals surface area contributed by atoms with Gasteiger partial charge in [0.2, 0.25) is 9.70 Å². The number of carbonyl (C=O) groups is 3. The number of alkyl halides is 4. The third-order valence-corrected chi connectivity index (χ3v) is 6.30. The van der Waals surface area contributed by atoms with E-state index in [4.69, 9.17) is 51.1 Å². The first kappa shape index (κ1) is 24.3. The number of fused-ring (bicyclic) bond motifs is 1. The molecule has 0 unspecified atom stereocenters. The van der Waals surface area contributed by atoms with Crippen LogP contribution in [0.15, 0.2) is 53.8 Å². The molecule has 11 heteroatoms. The summed E-state index contributed by atoms with van der Waals surface area (Å²) >= 11 is 24.1. The lowest BCUT2D eigenvalue weighted by Crippen LogP contribution is -2.70. The molecule has 2 heterocycles. The first-order chi connectivity index (χ1) is 14.7. The van der Waals surface area contributed by atoms with E-state index in [-0.39, 0.29) is 23.9 Å². The zero-order valence-electron chi connectivity index (χ0n) is 16.0. The third-order valence-electron chi connectivity index (χ3n) is 4.49. The average molecular weight is 524 g/mol. The lowest BCUT2D eigenvalue weighted by atomic mass is 10.0. The highest BCUT2D eigenvalue weighted by Gasteiger charge is 2.54. The van der Waals surface area contributed by atoms with Gasteiger partial charge in [0.05, 0.1) is 6.42 Å². The predicted octanol–water partition coefficient (Wildman–Crippen LogP) is 3.59. The highest BCUT2D eigenvalue weighted by atomic mass is 35.6. The summed E-state index contributed by atoms with van der Waals surface area (Å²) in [5.74, 6) is -0.808. The predicted molar refractivity (Wildman–Crippen MR) is 123 cm³/mol. The van der Waals surface area contributed by atoms with E-state index in [1.165, 1.54) is 16.7 Å². The van der Waals surface area contributed by atoms with E-state index in [0.29, 0.717) is 11.3 Å². The summed E-state index contributed by atoms with van der Waals surface area (Å²) in [6, 6.07) is 8.47. The Morgan fingerprint density at radius 2 is 1.97 bits per heavy atom. The fraction of sp³-hybridized carbons (Fsp3) is 0.350. The van der Waals surface area contributed by atoms with Crippen molar-refractivity contribution in [3.8, 4) is 0 Å². The molecule has 1 N–H and O–H groups in total. The first-order valence-corrected chi connectivity index (χ1v) is 11.9. The second kappa shape index (κ2) is 10.5. The normalized spacial score (nSPS) is 21.0. The van der Waals surface area contributed by atoms with Crippen molar-refractivity contribution >= 4 is 75.9 Å². The number of carbonyl (C=O) groups excluding carboxylic acids is 3. The second-order valence-electron chi connectivity index (χ2n) is 6.74. The van der Waals surface area contributed by atoms with Crippen LogP contribution in [-0.4, -0.2) is 56.1 Å². The Bertz CT molecular complexity index is 918. The van der Waals surface area contributed by atoms with Crippen molar-refractivity contribution in [3.05, 3.63) is 59.3 Å². The van der Waals surface area contributed by atoms with E-state index in [0.717, 1.165) is 5.56 Å². The van der Waals surface area contributed by atoms with E-state index >= 15 is 0 Å². The maximum Gasteiger partial charge on any atom is 0.355 e. The summed E-state index contributed by atoms with van der Waals surface area (Å²) in [4.78, 5) is 39.3. The molecule has 2 atom stereocenters. The summed E-state index contributed by atoms with van der Waals surface area (Å²) in [5.41, 5.74) is 1.47. The van der Waals surface area contributed by atoms with Gasteiger partial charge in [0.15, 0.2) is 0 Å². The molecule has 2 amide bonds. The molecule has 0 spiro atoms. The van der Waals surface area contributed by atoms with E-state index in [1.54, 1.807) is 12.2 Å². The highest BCUT2D eigenvalue weighted by molar-refractivity contribution is 8.00. The van der Waals surface area contributed by atoms with Crippen LogP contribution in [0.1, 0.15) is 5.56 Å². The zero-order chi connectivity index (χ0) is 22.6. The Kier molecular flexibility index (Phi) is 8.21. The van der Waals surface area contributed by atoms with Gasteiger partial charge in [-0.15, -0.1) is 23.4 Å². The zero-order valence-corrected chi connectivity index (χ0v) is 19.9. The molecule has 0 bridgehead atoms. The van der Waals surface area contributed by atoms with Crippen LogP contribution in [0.4, 0.5) is 0 Å². The van der Waals surface area contributed by atoms with Gasteiger partial charge in [-0.1, -0.05) is 77.3 Å². The van der Waals surface area contributed by atoms with Crippen LogP contribution in [0.2, 0.25) is 0 Å². The smallest absolute Gasteiger partial charge is 0.355 e. The first-order valence-electron chi connectivity index (χ1n) is 9.19. The van der Waals surface area contributed by atoms with E-state index < -0.39 is 33.7 Å². The fourth-order valence-corrected chi connectivity index (χ4v) is 4.74. The van der Waals surface area contributed by atoms with Crippen molar-refractivity contribution in [2.45, 2.75) is 21.6 Å². The standard InChI is InChI=1S/C20H18Cl4N2O4S/c21-8-4-7-13-10-31-18-15(25-14(27)9-12-5-2-1-3-6-12)17(28)26(18)16(13)19(29)30-11-20(22,23)24/h1-7,15,18H,8-11H2,(H,25,27)/t15-,18+/m1/s1. The van der Waals surface area contributed by atoms with Gasteiger partial charge in [0, 0.05) is 11.6 Å². The van der Waals surface area contributed by atoms with Crippen LogP contribution in [0.25, 0.3) is 0 Å². The van der Waals surface area contributed by atoms with Gasteiger partial charge in [-0.25, -0.2) is 4.79 Å². The maximum atomic E-state index is 12.8. The number of hydrogen-bond donors (Lipinski definition) is 1. The number of nitrogens with one attached hydrogen (secondary N) is 1. The monoisotopic (exact) mass is 522 g/mol. The molecule has 1 aromatic rings. The van der Waals surface area contributed by atoms with Crippen molar-refractivity contribution in [1.29, 1.82) is 0 Å². The number of halogens is 4. The van der Waals surface area contributed by atoms with Crippen molar-refractivity contribution in [1.82, 2.24) is 10.2 Å². The number of hydrogen-bond acceptors (Lipinski definition) is 5. The largest absolute Gasteiger partial charge is 0.456 e. The minimum atomic E-state index is -1.78. The van der Waals surface area contributed by atoms with Gasteiger partial charge < -0.3 is 10.1 Å². The number of thioether (sulfide) groups is 1. The van der Waals surface area contributed by atoms with E-state index in [9.17, 15) is 14.4 Å². The van der Waals surface area contributed by atoms with Crippen LogP contribution in [0.3, 0.4) is 0 Å². The minimum Gasteiger partial charge on any atom is -0.456 e. The van der Waals surface area contributed by atoms with E-state index in [2.05, 4.69) is 5.32 Å². The van der Waals surface area contributed by atoms with Crippen LogP contribution < -0.4 is 5.32 Å². The Hall–Kier alpha value is -1.38.